The molecule has 3 unspecified atom stereocenters. The van der Waals surface area contributed by atoms with Crippen molar-refractivity contribution in [1.29, 1.82) is 0 Å². The quantitative estimate of drug-likeness (QED) is 0.218. The molecule has 0 radical (unpaired) electrons. The van der Waals surface area contributed by atoms with Gasteiger partial charge in [0.2, 0.25) is 0 Å². The molecule has 3 atom stereocenters. The maximum absolute atomic E-state index is 5.82. The molecular weight excluding hydrogens is 344 g/mol. The standard InChI is InChI=1S/C21H42N2O4/c1-9-24-18(4)25-12-10-11-16(2)20(22-23(7)8)17(3)13-19-14-26-21(5,6)27-15-19/h16-19H,9-15H2,1-8H3. The van der Waals surface area contributed by atoms with Crippen LogP contribution in [0.3, 0.4) is 0 Å². The van der Waals surface area contributed by atoms with Crippen molar-refractivity contribution in [2.45, 2.75) is 72.9 Å². The molecule has 1 heterocycles. The van der Waals surface area contributed by atoms with Crippen LogP contribution in [0.2, 0.25) is 0 Å². The van der Waals surface area contributed by atoms with E-state index in [1.807, 2.05) is 46.8 Å². The molecule has 0 aromatic rings. The van der Waals surface area contributed by atoms with E-state index in [2.05, 4.69) is 13.8 Å². The molecule has 1 rings (SSSR count). The van der Waals surface area contributed by atoms with Gasteiger partial charge in [0.15, 0.2) is 12.1 Å². The monoisotopic (exact) mass is 386 g/mol. The minimum absolute atomic E-state index is 0.130. The van der Waals surface area contributed by atoms with E-state index < -0.39 is 5.79 Å². The molecule has 1 aliphatic heterocycles. The van der Waals surface area contributed by atoms with Crippen LogP contribution in [-0.2, 0) is 18.9 Å². The number of hydrogen-bond donors (Lipinski definition) is 0. The van der Waals surface area contributed by atoms with Crippen LogP contribution in [-0.4, -0.2) is 63.3 Å². The average molecular weight is 387 g/mol. The van der Waals surface area contributed by atoms with E-state index in [0.29, 0.717) is 31.0 Å². The lowest BCUT2D eigenvalue weighted by molar-refractivity contribution is -0.263. The Hall–Kier alpha value is -0.690. The van der Waals surface area contributed by atoms with Gasteiger partial charge in [-0.3, -0.25) is 0 Å². The zero-order valence-electron chi connectivity index (χ0n) is 18.8. The summed E-state index contributed by atoms with van der Waals surface area (Å²) in [7, 11) is 3.98. The van der Waals surface area contributed by atoms with Crippen LogP contribution in [0.4, 0.5) is 0 Å². The van der Waals surface area contributed by atoms with E-state index in [4.69, 9.17) is 24.0 Å². The molecule has 0 N–H and O–H groups in total. The van der Waals surface area contributed by atoms with Crippen molar-refractivity contribution in [3.63, 3.8) is 0 Å². The van der Waals surface area contributed by atoms with Crippen molar-refractivity contribution in [2.75, 3.05) is 40.5 Å². The summed E-state index contributed by atoms with van der Waals surface area (Å²) in [6.07, 6.45) is 2.96. The van der Waals surface area contributed by atoms with E-state index in [9.17, 15) is 0 Å². The van der Waals surface area contributed by atoms with Crippen LogP contribution in [0, 0.1) is 17.8 Å². The first-order chi connectivity index (χ1) is 12.6. The largest absolute Gasteiger partial charge is 0.353 e. The number of hydrogen-bond acceptors (Lipinski definition) is 6. The molecule has 160 valence electrons. The molecule has 27 heavy (non-hydrogen) atoms. The Morgan fingerprint density at radius 1 is 1.11 bits per heavy atom. The predicted octanol–water partition coefficient (Wildman–Crippen LogP) is 4.14. The highest BCUT2D eigenvalue weighted by molar-refractivity contribution is 5.88. The molecule has 0 amide bonds. The second-order valence-corrected chi connectivity index (χ2v) is 8.33. The van der Waals surface area contributed by atoms with Crippen LogP contribution in [0.1, 0.15) is 60.8 Å². The summed E-state index contributed by atoms with van der Waals surface area (Å²) < 4.78 is 22.7. The summed E-state index contributed by atoms with van der Waals surface area (Å²) in [5, 5.41) is 6.73. The molecule has 0 aromatic carbocycles. The van der Waals surface area contributed by atoms with Crippen LogP contribution in [0.5, 0.6) is 0 Å². The Morgan fingerprint density at radius 2 is 1.74 bits per heavy atom. The van der Waals surface area contributed by atoms with Crippen molar-refractivity contribution in [2.24, 2.45) is 22.9 Å². The average Bonchev–Trinajstić information content (AvgIpc) is 2.58. The molecule has 1 saturated heterocycles. The molecular formula is C21H42N2O4. The van der Waals surface area contributed by atoms with Gasteiger partial charge in [-0.15, -0.1) is 0 Å². The zero-order valence-corrected chi connectivity index (χ0v) is 18.8. The third-order valence-electron chi connectivity index (χ3n) is 4.88. The summed E-state index contributed by atoms with van der Waals surface area (Å²) in [5.41, 5.74) is 1.25. The number of ether oxygens (including phenoxy) is 4. The fourth-order valence-electron chi connectivity index (χ4n) is 3.47. The first-order valence-corrected chi connectivity index (χ1v) is 10.4. The van der Waals surface area contributed by atoms with Crippen LogP contribution in [0.15, 0.2) is 5.10 Å². The lowest BCUT2D eigenvalue weighted by Gasteiger charge is -2.36. The molecule has 0 aromatic heterocycles. The maximum Gasteiger partial charge on any atom is 0.162 e. The molecule has 0 bridgehead atoms. The van der Waals surface area contributed by atoms with Crippen molar-refractivity contribution >= 4 is 5.71 Å². The van der Waals surface area contributed by atoms with Gasteiger partial charge in [-0.05, 0) is 58.8 Å². The second kappa shape index (κ2) is 12.0. The van der Waals surface area contributed by atoms with Gasteiger partial charge < -0.3 is 24.0 Å². The Balaban J connectivity index is 2.51. The van der Waals surface area contributed by atoms with E-state index in [1.165, 1.54) is 5.71 Å². The minimum atomic E-state index is -0.452. The van der Waals surface area contributed by atoms with Crippen LogP contribution < -0.4 is 0 Å². The first kappa shape index (κ1) is 24.3. The summed E-state index contributed by atoms with van der Waals surface area (Å²) >= 11 is 0. The number of nitrogens with zero attached hydrogens (tertiary/aromatic N) is 2. The minimum Gasteiger partial charge on any atom is -0.353 e. The summed E-state index contributed by atoms with van der Waals surface area (Å²) in [4.78, 5) is 0. The van der Waals surface area contributed by atoms with Gasteiger partial charge in [0.05, 0.1) is 13.2 Å². The summed E-state index contributed by atoms with van der Waals surface area (Å²) in [5.74, 6) is 0.772. The van der Waals surface area contributed by atoms with Gasteiger partial charge in [-0.2, -0.15) is 5.10 Å². The van der Waals surface area contributed by atoms with Gasteiger partial charge >= 0.3 is 0 Å². The van der Waals surface area contributed by atoms with Crippen molar-refractivity contribution < 1.29 is 18.9 Å². The highest BCUT2D eigenvalue weighted by Crippen LogP contribution is 2.27. The highest BCUT2D eigenvalue weighted by Gasteiger charge is 2.30. The smallest absolute Gasteiger partial charge is 0.162 e. The Labute approximate surface area is 166 Å². The van der Waals surface area contributed by atoms with E-state index in [1.54, 1.807) is 0 Å². The van der Waals surface area contributed by atoms with Crippen molar-refractivity contribution in [3.05, 3.63) is 0 Å². The van der Waals surface area contributed by atoms with Gasteiger partial charge in [0, 0.05) is 38.9 Å². The first-order valence-electron chi connectivity index (χ1n) is 10.4. The number of rotatable bonds is 12. The van der Waals surface area contributed by atoms with E-state index in [-0.39, 0.29) is 6.29 Å². The van der Waals surface area contributed by atoms with Gasteiger partial charge in [-0.25, -0.2) is 0 Å². The molecule has 1 fully saturated rings. The lowest BCUT2D eigenvalue weighted by Crippen LogP contribution is -2.40. The summed E-state index contributed by atoms with van der Waals surface area (Å²) in [6, 6.07) is 0. The molecule has 0 aliphatic carbocycles. The Kier molecular flexibility index (Phi) is 10.8. The number of hydrazone groups is 1. The Morgan fingerprint density at radius 3 is 2.30 bits per heavy atom. The molecule has 1 aliphatic rings. The highest BCUT2D eigenvalue weighted by atomic mass is 16.7. The van der Waals surface area contributed by atoms with Crippen molar-refractivity contribution in [1.82, 2.24) is 5.01 Å². The maximum atomic E-state index is 5.82. The molecule has 0 saturated carbocycles. The normalized spacial score (nSPS) is 21.7. The van der Waals surface area contributed by atoms with Crippen molar-refractivity contribution in [3.8, 4) is 0 Å². The Bertz CT molecular complexity index is 430. The second-order valence-electron chi connectivity index (χ2n) is 8.33. The lowest BCUT2D eigenvalue weighted by atomic mass is 9.85. The van der Waals surface area contributed by atoms with Gasteiger partial charge in [0.25, 0.3) is 0 Å². The predicted molar refractivity (Wildman–Crippen MR) is 110 cm³/mol. The fraction of sp³-hybridized carbons (Fsp3) is 0.952. The van der Waals surface area contributed by atoms with Crippen LogP contribution in [0.25, 0.3) is 0 Å². The van der Waals surface area contributed by atoms with E-state index in [0.717, 1.165) is 32.5 Å². The van der Waals surface area contributed by atoms with Gasteiger partial charge in [-0.1, -0.05) is 13.8 Å². The molecule has 6 nitrogen and oxygen atoms in total. The van der Waals surface area contributed by atoms with Crippen LogP contribution >= 0.6 is 0 Å². The molecule has 0 spiro atoms. The topological polar surface area (TPSA) is 52.5 Å². The fourth-order valence-corrected chi connectivity index (χ4v) is 3.47. The SMILES string of the molecule is CCOC(C)OCCCC(C)C(=NN(C)C)C(C)CC1COC(C)(C)OC1. The van der Waals surface area contributed by atoms with Gasteiger partial charge in [0.1, 0.15) is 0 Å². The molecule has 6 heteroatoms. The summed E-state index contributed by atoms with van der Waals surface area (Å²) in [6.45, 7) is 15.3. The van der Waals surface area contributed by atoms with E-state index >= 15 is 0 Å². The third-order valence-corrected chi connectivity index (χ3v) is 4.88. The zero-order chi connectivity index (χ0) is 20.4. The third kappa shape index (κ3) is 9.88.